The zero-order chi connectivity index (χ0) is 10.6. The Morgan fingerprint density at radius 3 is 2.50 bits per heavy atom. The Hall–Kier alpha value is -0.210. The fraction of sp³-hybridized carbons (Fsp3) is 1.00. The number of nitrogens with zero attached hydrogens (tertiary/aromatic N) is 1. The van der Waals surface area contributed by atoms with E-state index in [-0.39, 0.29) is 6.54 Å². The van der Waals surface area contributed by atoms with Crippen molar-refractivity contribution in [2.45, 2.75) is 6.10 Å². The zero-order valence-corrected chi connectivity index (χ0v) is 8.57. The van der Waals surface area contributed by atoms with Crippen LogP contribution in [0.5, 0.6) is 0 Å². The van der Waals surface area contributed by atoms with Crippen LogP contribution in [0.1, 0.15) is 0 Å². The number of β-amino-alcohol motifs (C(OH)–C–C–N with tert-alkyl or cyclic N) is 1. The van der Waals surface area contributed by atoms with Crippen molar-refractivity contribution in [1.29, 1.82) is 0 Å². The predicted octanol–water partition coefficient (Wildman–Crippen LogP) is -1.78. The largest absolute Gasteiger partial charge is 0.748 e. The van der Waals surface area contributed by atoms with Crippen molar-refractivity contribution in [2.24, 2.45) is 0 Å². The molecule has 1 saturated heterocycles. The van der Waals surface area contributed by atoms with Crippen LogP contribution in [0.3, 0.4) is 0 Å². The van der Waals surface area contributed by atoms with Crippen LogP contribution in [0.15, 0.2) is 0 Å². The molecule has 0 aromatic carbocycles. The minimum absolute atomic E-state index is 0.213. The van der Waals surface area contributed by atoms with E-state index in [2.05, 4.69) is 0 Å². The van der Waals surface area contributed by atoms with E-state index < -0.39 is 22.0 Å². The second-order valence-corrected chi connectivity index (χ2v) is 4.74. The van der Waals surface area contributed by atoms with Gasteiger partial charge in [0.25, 0.3) is 0 Å². The van der Waals surface area contributed by atoms with Crippen LogP contribution >= 0.6 is 0 Å². The summed E-state index contributed by atoms with van der Waals surface area (Å²) in [5.41, 5.74) is 0. The molecule has 0 aliphatic carbocycles. The summed E-state index contributed by atoms with van der Waals surface area (Å²) in [6, 6.07) is 0. The number of morpholine rings is 1. The van der Waals surface area contributed by atoms with Gasteiger partial charge in [-0.1, -0.05) is 0 Å². The molecule has 84 valence electrons. The Kier molecular flexibility index (Phi) is 4.27. The first-order valence-electron chi connectivity index (χ1n) is 4.39. The summed E-state index contributed by atoms with van der Waals surface area (Å²) in [6.45, 7) is 2.70. The number of hydrogen-bond donors (Lipinski definition) is 1. The highest BCUT2D eigenvalue weighted by Crippen LogP contribution is 2.00. The number of ether oxygens (including phenoxy) is 1. The van der Waals surface area contributed by atoms with Gasteiger partial charge in [-0.05, 0) is 0 Å². The lowest BCUT2D eigenvalue weighted by Gasteiger charge is -2.28. The van der Waals surface area contributed by atoms with Gasteiger partial charge in [-0.2, -0.15) is 0 Å². The Bertz CT molecular complexity index is 259. The van der Waals surface area contributed by atoms with Gasteiger partial charge in [-0.15, -0.1) is 0 Å². The van der Waals surface area contributed by atoms with Crippen LogP contribution < -0.4 is 0 Å². The molecule has 1 fully saturated rings. The number of aliphatic hydroxyl groups is 1. The minimum atomic E-state index is -4.33. The maximum absolute atomic E-state index is 10.3. The third-order valence-electron chi connectivity index (χ3n) is 1.97. The van der Waals surface area contributed by atoms with Crippen molar-refractivity contribution in [3.63, 3.8) is 0 Å². The van der Waals surface area contributed by atoms with E-state index in [1.54, 1.807) is 0 Å². The zero-order valence-electron chi connectivity index (χ0n) is 7.76. The fourth-order valence-electron chi connectivity index (χ4n) is 1.37. The van der Waals surface area contributed by atoms with Gasteiger partial charge in [-0.3, -0.25) is 4.90 Å². The van der Waals surface area contributed by atoms with Gasteiger partial charge in [0, 0.05) is 19.6 Å². The third kappa shape index (κ3) is 4.87. The molecule has 0 radical (unpaired) electrons. The molecule has 0 bridgehead atoms. The van der Waals surface area contributed by atoms with Gasteiger partial charge in [0.1, 0.15) is 0 Å². The molecule has 0 spiro atoms. The van der Waals surface area contributed by atoms with E-state index in [1.165, 1.54) is 0 Å². The standard InChI is InChI=1S/C7H15NO5S/c9-7(6-14(10,11)12)5-8-1-3-13-4-2-8/h7,9H,1-6H2,(H,10,11,12)/p-1/t7-/m1/s1. The van der Waals surface area contributed by atoms with E-state index in [0.717, 1.165) is 0 Å². The third-order valence-corrected chi connectivity index (χ3v) is 2.76. The van der Waals surface area contributed by atoms with Crippen LogP contribution in [-0.4, -0.2) is 67.7 Å². The Labute approximate surface area is 83.2 Å². The molecule has 14 heavy (non-hydrogen) atoms. The van der Waals surface area contributed by atoms with Crippen LogP contribution in [0, 0.1) is 0 Å². The lowest BCUT2D eigenvalue weighted by molar-refractivity contribution is 0.0184. The molecule has 1 atom stereocenters. The van der Waals surface area contributed by atoms with E-state index in [9.17, 15) is 18.1 Å². The van der Waals surface area contributed by atoms with Crippen LogP contribution in [0.4, 0.5) is 0 Å². The topological polar surface area (TPSA) is 89.9 Å². The molecular formula is C7H14NO5S-. The fourth-order valence-corrected chi connectivity index (χ4v) is 1.95. The normalized spacial score (nSPS) is 22.1. The van der Waals surface area contributed by atoms with Crippen molar-refractivity contribution in [3.05, 3.63) is 0 Å². The Balaban J connectivity index is 2.28. The van der Waals surface area contributed by atoms with E-state index in [1.807, 2.05) is 4.90 Å². The van der Waals surface area contributed by atoms with Gasteiger partial charge >= 0.3 is 0 Å². The van der Waals surface area contributed by atoms with Crippen LogP contribution in [0.2, 0.25) is 0 Å². The highest BCUT2D eigenvalue weighted by atomic mass is 32.2. The van der Waals surface area contributed by atoms with Crippen molar-refractivity contribution >= 4 is 10.1 Å². The number of aliphatic hydroxyl groups excluding tert-OH is 1. The second-order valence-electron chi connectivity index (χ2n) is 3.29. The molecule has 7 heteroatoms. The van der Waals surface area contributed by atoms with Gasteiger partial charge in [0.15, 0.2) is 0 Å². The summed E-state index contributed by atoms with van der Waals surface area (Å²) in [4.78, 5) is 1.87. The van der Waals surface area contributed by atoms with Crippen molar-refractivity contribution < 1.29 is 22.8 Å². The van der Waals surface area contributed by atoms with Gasteiger partial charge in [0.2, 0.25) is 0 Å². The smallest absolute Gasteiger partial charge is 0.0972 e. The Morgan fingerprint density at radius 1 is 1.43 bits per heavy atom. The van der Waals surface area contributed by atoms with Crippen molar-refractivity contribution in [3.8, 4) is 0 Å². The summed E-state index contributed by atoms with van der Waals surface area (Å²) in [6.07, 6.45) is -1.10. The lowest BCUT2D eigenvalue weighted by Crippen LogP contribution is -2.42. The molecule has 1 rings (SSSR count). The quantitative estimate of drug-likeness (QED) is 0.568. The highest BCUT2D eigenvalue weighted by Gasteiger charge is 2.16. The van der Waals surface area contributed by atoms with Crippen molar-refractivity contribution in [2.75, 3.05) is 38.6 Å². The highest BCUT2D eigenvalue weighted by molar-refractivity contribution is 7.85. The molecular weight excluding hydrogens is 210 g/mol. The molecule has 0 aromatic heterocycles. The molecule has 1 aliphatic rings. The summed E-state index contributed by atoms with van der Waals surface area (Å²) < 4.78 is 36.1. The second kappa shape index (κ2) is 5.04. The van der Waals surface area contributed by atoms with E-state index >= 15 is 0 Å². The number of rotatable bonds is 4. The first-order chi connectivity index (χ1) is 6.47. The van der Waals surface area contributed by atoms with Gasteiger partial charge in [-0.25, -0.2) is 8.42 Å². The van der Waals surface area contributed by atoms with Crippen LogP contribution in [0.25, 0.3) is 0 Å². The van der Waals surface area contributed by atoms with Gasteiger partial charge < -0.3 is 14.4 Å². The molecule has 0 unspecified atom stereocenters. The average molecular weight is 224 g/mol. The van der Waals surface area contributed by atoms with E-state index in [0.29, 0.717) is 26.3 Å². The van der Waals surface area contributed by atoms with Gasteiger partial charge in [0.05, 0.1) is 35.2 Å². The lowest BCUT2D eigenvalue weighted by atomic mass is 10.3. The van der Waals surface area contributed by atoms with Crippen molar-refractivity contribution in [1.82, 2.24) is 4.90 Å². The monoisotopic (exact) mass is 224 g/mol. The Morgan fingerprint density at radius 2 is 2.00 bits per heavy atom. The molecule has 0 amide bonds. The summed E-state index contributed by atoms with van der Waals surface area (Å²) in [5, 5.41) is 9.28. The molecule has 0 saturated carbocycles. The predicted molar refractivity (Wildman–Crippen MR) is 47.8 cm³/mol. The molecule has 0 aromatic rings. The first kappa shape index (κ1) is 11.9. The first-order valence-corrected chi connectivity index (χ1v) is 5.97. The molecule has 6 nitrogen and oxygen atoms in total. The SMILES string of the molecule is O=S(=O)([O-])C[C@H](O)CN1CCOCC1. The summed E-state index contributed by atoms with van der Waals surface area (Å²) in [5.74, 6) is -0.718. The molecule has 1 heterocycles. The molecule has 1 aliphatic heterocycles. The summed E-state index contributed by atoms with van der Waals surface area (Å²) in [7, 11) is -4.33. The molecule has 1 N–H and O–H groups in total. The maximum atomic E-state index is 10.3. The minimum Gasteiger partial charge on any atom is -0.748 e. The number of hydrogen-bond acceptors (Lipinski definition) is 6. The van der Waals surface area contributed by atoms with Crippen LogP contribution in [-0.2, 0) is 14.9 Å². The average Bonchev–Trinajstić information content (AvgIpc) is 2.02. The maximum Gasteiger partial charge on any atom is 0.0972 e. The van der Waals surface area contributed by atoms with E-state index in [4.69, 9.17) is 4.74 Å². The summed E-state index contributed by atoms with van der Waals surface area (Å²) >= 11 is 0.